The van der Waals surface area contributed by atoms with Crippen molar-refractivity contribution in [2.24, 2.45) is 0 Å². The fraction of sp³-hybridized carbons (Fsp3) is 0.375. The van der Waals surface area contributed by atoms with Gasteiger partial charge in [0.2, 0.25) is 5.67 Å². The predicted molar refractivity (Wildman–Crippen MR) is 79.7 cm³/mol. The van der Waals surface area contributed by atoms with Crippen molar-refractivity contribution in [2.45, 2.75) is 32.5 Å². The first-order valence-corrected chi connectivity index (χ1v) is 6.81. The summed E-state index contributed by atoms with van der Waals surface area (Å²) in [6.45, 7) is 2.83. The van der Waals surface area contributed by atoms with Gasteiger partial charge < -0.3 is 9.94 Å². The Morgan fingerprint density at radius 1 is 1.43 bits per heavy atom. The van der Waals surface area contributed by atoms with Crippen LogP contribution < -0.4 is 0 Å². The highest BCUT2D eigenvalue weighted by Crippen LogP contribution is 2.14. The second kappa shape index (κ2) is 8.19. The first kappa shape index (κ1) is 16.9. The van der Waals surface area contributed by atoms with E-state index in [4.69, 9.17) is 4.74 Å². The molecular formula is C16H20FNO3. The summed E-state index contributed by atoms with van der Waals surface area (Å²) in [6, 6.07) is 9.04. The Labute approximate surface area is 124 Å². The number of carbonyl (C=O) groups excluding carboxylic acids is 1. The van der Waals surface area contributed by atoms with Gasteiger partial charge in [-0.15, -0.1) is 0 Å². The first-order valence-electron chi connectivity index (χ1n) is 6.81. The van der Waals surface area contributed by atoms with Gasteiger partial charge in [0.1, 0.15) is 6.61 Å². The summed E-state index contributed by atoms with van der Waals surface area (Å²) in [5.41, 5.74) is -1.18. The van der Waals surface area contributed by atoms with Crippen molar-refractivity contribution >= 4 is 12.2 Å². The summed E-state index contributed by atoms with van der Waals surface area (Å²) in [5.74, 6) is -0.623. The Morgan fingerprint density at radius 3 is 2.67 bits per heavy atom. The number of nitrogens with zero attached hydrogens (tertiary/aromatic N) is 1. The summed E-state index contributed by atoms with van der Waals surface area (Å²) in [6.07, 6.45) is 3.69. The highest BCUT2D eigenvalue weighted by Gasteiger charge is 2.31. The van der Waals surface area contributed by atoms with Crippen LogP contribution in [0, 0.1) is 5.21 Å². The molecule has 0 aliphatic rings. The maximum Gasteiger partial charge on any atom is 0.330 e. The van der Waals surface area contributed by atoms with Crippen molar-refractivity contribution in [1.29, 1.82) is 0 Å². The molecule has 0 radical (unpaired) electrons. The van der Waals surface area contributed by atoms with Gasteiger partial charge in [-0.1, -0.05) is 43.3 Å². The second-order valence-electron chi connectivity index (χ2n) is 4.69. The van der Waals surface area contributed by atoms with Crippen LogP contribution in [0.2, 0.25) is 0 Å². The van der Waals surface area contributed by atoms with Crippen molar-refractivity contribution < 1.29 is 18.7 Å². The molecule has 114 valence electrons. The van der Waals surface area contributed by atoms with E-state index in [2.05, 4.69) is 0 Å². The number of hydrogen-bond acceptors (Lipinski definition) is 3. The van der Waals surface area contributed by atoms with E-state index in [1.165, 1.54) is 12.2 Å². The number of halogens is 1. The molecule has 0 heterocycles. The Bertz CT molecular complexity index is 514. The summed E-state index contributed by atoms with van der Waals surface area (Å²) in [7, 11) is 0. The van der Waals surface area contributed by atoms with Crippen LogP contribution >= 0.6 is 0 Å². The van der Waals surface area contributed by atoms with Crippen LogP contribution in [-0.4, -0.2) is 29.2 Å². The summed E-state index contributed by atoms with van der Waals surface area (Å²) < 4.78 is 19.8. The number of ether oxygens (including phenoxy) is 1. The lowest BCUT2D eigenvalue weighted by atomic mass is 10.1. The average Bonchev–Trinajstić information content (AvgIpc) is 2.46. The van der Waals surface area contributed by atoms with Crippen LogP contribution in [-0.2, 0) is 16.1 Å². The number of esters is 1. The van der Waals surface area contributed by atoms with Crippen LogP contribution in [0.4, 0.5) is 4.39 Å². The molecule has 1 aromatic carbocycles. The molecule has 21 heavy (non-hydrogen) atoms. The number of hydrogen-bond donors (Lipinski definition) is 0. The molecule has 0 aliphatic carbocycles. The molecule has 0 saturated carbocycles. The molecule has 1 atom stereocenters. The van der Waals surface area contributed by atoms with Gasteiger partial charge in [-0.05, 0) is 13.3 Å². The third-order valence-electron chi connectivity index (χ3n) is 2.90. The second-order valence-corrected chi connectivity index (χ2v) is 4.69. The number of rotatable bonds is 7. The van der Waals surface area contributed by atoms with E-state index < -0.39 is 18.2 Å². The number of allylic oxidation sites excluding steroid dienone is 1. The average molecular weight is 293 g/mol. The van der Waals surface area contributed by atoms with Crippen LogP contribution in [0.1, 0.15) is 25.8 Å². The molecule has 0 aromatic heterocycles. The highest BCUT2D eigenvalue weighted by molar-refractivity contribution is 5.82. The van der Waals surface area contributed by atoms with Gasteiger partial charge in [-0.2, -0.15) is 0 Å². The molecule has 0 unspecified atom stereocenters. The van der Waals surface area contributed by atoms with Crippen LogP contribution in [0.3, 0.4) is 0 Å². The van der Waals surface area contributed by atoms with E-state index in [9.17, 15) is 14.4 Å². The van der Waals surface area contributed by atoms with E-state index in [0.29, 0.717) is 4.74 Å². The smallest absolute Gasteiger partial charge is 0.330 e. The van der Waals surface area contributed by atoms with Gasteiger partial charge in [0.05, 0.1) is 0 Å². The molecule has 0 N–H and O–H groups in total. The van der Waals surface area contributed by atoms with Gasteiger partial charge >= 0.3 is 5.97 Å². The maximum atomic E-state index is 14.5. The van der Waals surface area contributed by atoms with E-state index in [1.807, 2.05) is 18.2 Å². The molecule has 0 fully saturated rings. The lowest BCUT2D eigenvalue weighted by molar-refractivity contribution is -0.474. The Morgan fingerprint density at radius 2 is 2.10 bits per heavy atom. The van der Waals surface area contributed by atoms with Crippen molar-refractivity contribution in [3.8, 4) is 0 Å². The van der Waals surface area contributed by atoms with Crippen molar-refractivity contribution in [2.75, 3.05) is 6.61 Å². The van der Waals surface area contributed by atoms with E-state index >= 15 is 0 Å². The summed E-state index contributed by atoms with van der Waals surface area (Å²) in [4.78, 5) is 11.2. The van der Waals surface area contributed by atoms with Crippen molar-refractivity contribution in [1.82, 2.24) is 0 Å². The van der Waals surface area contributed by atoms with Gasteiger partial charge in [0.15, 0.2) is 12.8 Å². The fourth-order valence-corrected chi connectivity index (χ4v) is 1.67. The normalized spacial score (nSPS) is 14.9. The van der Waals surface area contributed by atoms with Gasteiger partial charge in [0.25, 0.3) is 0 Å². The number of benzene rings is 1. The standard InChI is InChI=1S/C16H20FNO3/c1-3-8-15(19)21-13-16(17,4-2)12-18(20)11-14-9-6-5-7-10-14/h3,5-10,12H,4,11,13H2,1-2H3/b8-3+,18-12-/t16-/m0/s1. The minimum absolute atomic E-state index is 0.0453. The zero-order chi connectivity index (χ0) is 15.7. The maximum absolute atomic E-state index is 14.5. The summed E-state index contributed by atoms with van der Waals surface area (Å²) in [5, 5.41) is 11.8. The fourth-order valence-electron chi connectivity index (χ4n) is 1.67. The molecule has 4 nitrogen and oxygen atoms in total. The third-order valence-corrected chi connectivity index (χ3v) is 2.90. The van der Waals surface area contributed by atoms with Crippen LogP contribution in [0.5, 0.6) is 0 Å². The largest absolute Gasteiger partial charge is 0.624 e. The number of hydroxylamine groups is 1. The van der Waals surface area contributed by atoms with Crippen LogP contribution in [0.25, 0.3) is 0 Å². The quantitative estimate of drug-likeness (QED) is 0.194. The Hall–Kier alpha value is -2.17. The van der Waals surface area contributed by atoms with Crippen molar-refractivity contribution in [3.05, 3.63) is 53.3 Å². The molecule has 0 saturated heterocycles. The number of carbonyl (C=O) groups is 1. The monoisotopic (exact) mass is 293 g/mol. The summed E-state index contributed by atoms with van der Waals surface area (Å²) >= 11 is 0. The highest BCUT2D eigenvalue weighted by atomic mass is 19.1. The van der Waals surface area contributed by atoms with E-state index in [1.54, 1.807) is 26.0 Å². The van der Waals surface area contributed by atoms with Gasteiger partial charge in [-0.25, -0.2) is 13.9 Å². The topological polar surface area (TPSA) is 52.4 Å². The molecule has 5 heteroatoms. The lowest BCUT2D eigenvalue weighted by Crippen LogP contribution is -2.34. The number of alkyl halides is 1. The zero-order valence-corrected chi connectivity index (χ0v) is 12.3. The van der Waals surface area contributed by atoms with E-state index in [0.717, 1.165) is 11.8 Å². The molecule has 0 aliphatic heterocycles. The molecular weight excluding hydrogens is 273 g/mol. The molecule has 1 aromatic rings. The van der Waals surface area contributed by atoms with Gasteiger partial charge in [0, 0.05) is 11.6 Å². The molecule has 0 spiro atoms. The molecule has 0 bridgehead atoms. The van der Waals surface area contributed by atoms with Gasteiger partial charge in [-0.3, -0.25) is 0 Å². The Kier molecular flexibility index (Phi) is 6.59. The van der Waals surface area contributed by atoms with Crippen molar-refractivity contribution in [3.63, 3.8) is 0 Å². The molecule has 0 amide bonds. The minimum atomic E-state index is -1.96. The predicted octanol–water partition coefficient (Wildman–Crippen LogP) is 3.01. The first-order chi connectivity index (χ1) is 9.99. The van der Waals surface area contributed by atoms with E-state index in [-0.39, 0.29) is 13.0 Å². The van der Waals surface area contributed by atoms with Crippen LogP contribution in [0.15, 0.2) is 42.5 Å². The Balaban J connectivity index is 2.69. The molecule has 1 rings (SSSR count). The third kappa shape index (κ3) is 6.21. The minimum Gasteiger partial charge on any atom is -0.624 e. The zero-order valence-electron chi connectivity index (χ0n) is 12.3. The SMILES string of the molecule is C/C=C/C(=O)OC[C@@](F)(/C=[N+](\[O-])Cc1ccccc1)CC. The lowest BCUT2D eigenvalue weighted by Gasteiger charge is -2.18.